The van der Waals surface area contributed by atoms with Gasteiger partial charge in [0.1, 0.15) is 0 Å². The van der Waals surface area contributed by atoms with Crippen molar-refractivity contribution in [2.24, 2.45) is 0 Å². The first kappa shape index (κ1) is 9.14. The van der Waals surface area contributed by atoms with E-state index in [1.165, 1.54) is 26.2 Å². The van der Waals surface area contributed by atoms with Crippen molar-refractivity contribution in [1.82, 2.24) is 4.98 Å². The van der Waals surface area contributed by atoms with Crippen molar-refractivity contribution in [1.29, 1.82) is 0 Å². The molecule has 1 aromatic heterocycles. The van der Waals surface area contributed by atoms with E-state index in [2.05, 4.69) is 53.5 Å². The van der Waals surface area contributed by atoms with E-state index in [1.54, 1.807) is 11.3 Å². The average molecular weight is 235 g/mol. The van der Waals surface area contributed by atoms with E-state index in [0.717, 1.165) is 5.52 Å². The molecule has 0 N–H and O–H groups in total. The van der Waals surface area contributed by atoms with Crippen LogP contribution in [0.3, 0.4) is 0 Å². The third kappa shape index (κ3) is 1.28. The molecule has 4 rings (SSSR count). The number of benzene rings is 3. The molecular formula is C15H9NS. The van der Waals surface area contributed by atoms with E-state index >= 15 is 0 Å². The van der Waals surface area contributed by atoms with Gasteiger partial charge in [-0.05, 0) is 33.7 Å². The molecule has 0 aliphatic rings. The number of hydrogen-bond donors (Lipinski definition) is 0. The fourth-order valence-corrected chi connectivity index (χ4v) is 3.06. The Bertz CT molecular complexity index is 845. The van der Waals surface area contributed by atoms with E-state index in [0.29, 0.717) is 0 Å². The van der Waals surface area contributed by atoms with Crippen molar-refractivity contribution in [3.05, 3.63) is 54.0 Å². The molecule has 0 unspecified atom stereocenters. The molecule has 0 fully saturated rings. The Morgan fingerprint density at radius 2 is 1.71 bits per heavy atom. The summed E-state index contributed by atoms with van der Waals surface area (Å²) in [5.41, 5.74) is 3.00. The van der Waals surface area contributed by atoms with Gasteiger partial charge in [-0.15, -0.1) is 11.3 Å². The minimum Gasteiger partial charge on any atom is -0.245 e. The molecule has 0 amide bonds. The molecule has 17 heavy (non-hydrogen) atoms. The monoisotopic (exact) mass is 235 g/mol. The highest BCUT2D eigenvalue weighted by molar-refractivity contribution is 7.16. The van der Waals surface area contributed by atoms with Crippen molar-refractivity contribution in [3.63, 3.8) is 0 Å². The molecule has 0 saturated heterocycles. The lowest BCUT2D eigenvalue weighted by Gasteiger charge is -2.03. The largest absolute Gasteiger partial charge is 0.245 e. The summed E-state index contributed by atoms with van der Waals surface area (Å²) in [7, 11) is 0. The summed E-state index contributed by atoms with van der Waals surface area (Å²) >= 11 is 1.70. The number of nitrogens with zero attached hydrogens (tertiary/aromatic N) is 1. The number of rotatable bonds is 0. The second kappa shape index (κ2) is 3.28. The van der Waals surface area contributed by atoms with Crippen molar-refractivity contribution < 1.29 is 0 Å². The Morgan fingerprint density at radius 3 is 2.71 bits per heavy atom. The molecule has 4 aromatic rings. The molecule has 0 aliphatic carbocycles. The lowest BCUT2D eigenvalue weighted by atomic mass is 10.0. The number of thiazole rings is 1. The first-order valence-corrected chi connectivity index (χ1v) is 6.44. The predicted octanol–water partition coefficient (Wildman–Crippen LogP) is 4.60. The lowest BCUT2D eigenvalue weighted by Crippen LogP contribution is -1.77. The maximum atomic E-state index is 4.37. The zero-order chi connectivity index (χ0) is 11.2. The van der Waals surface area contributed by atoms with Gasteiger partial charge in [0.25, 0.3) is 0 Å². The summed E-state index contributed by atoms with van der Waals surface area (Å²) in [5.74, 6) is 0. The molecule has 1 nitrogen and oxygen atoms in total. The topological polar surface area (TPSA) is 12.9 Å². The zero-order valence-electron chi connectivity index (χ0n) is 9.05. The molecule has 0 aliphatic heterocycles. The van der Waals surface area contributed by atoms with Crippen LogP contribution in [0, 0.1) is 0 Å². The Labute approximate surface area is 102 Å². The van der Waals surface area contributed by atoms with Gasteiger partial charge in [-0.1, -0.05) is 36.4 Å². The molecule has 0 atom stereocenters. The van der Waals surface area contributed by atoms with Crippen LogP contribution in [0.15, 0.2) is 54.0 Å². The minimum atomic E-state index is 1.10. The first-order valence-electron chi connectivity index (χ1n) is 5.56. The van der Waals surface area contributed by atoms with Crippen molar-refractivity contribution in [2.45, 2.75) is 0 Å². The van der Waals surface area contributed by atoms with Crippen LogP contribution in [0.5, 0.6) is 0 Å². The molecule has 0 saturated carbocycles. The van der Waals surface area contributed by atoms with Gasteiger partial charge in [-0.3, -0.25) is 0 Å². The van der Waals surface area contributed by atoms with Crippen LogP contribution < -0.4 is 0 Å². The highest BCUT2D eigenvalue weighted by Gasteiger charge is 2.03. The van der Waals surface area contributed by atoms with Gasteiger partial charge in [0.15, 0.2) is 0 Å². The Hall–Kier alpha value is -1.93. The fraction of sp³-hybridized carbons (Fsp3) is 0. The van der Waals surface area contributed by atoms with E-state index < -0.39 is 0 Å². The quantitative estimate of drug-likeness (QED) is 0.406. The summed E-state index contributed by atoms with van der Waals surface area (Å²) in [6.07, 6.45) is 0. The van der Waals surface area contributed by atoms with Gasteiger partial charge < -0.3 is 0 Å². The summed E-state index contributed by atoms with van der Waals surface area (Å²) in [5, 5.41) is 5.20. The molecule has 80 valence electrons. The second-order valence-electron chi connectivity index (χ2n) is 4.18. The minimum absolute atomic E-state index is 1.10. The van der Waals surface area contributed by atoms with E-state index in [9.17, 15) is 0 Å². The van der Waals surface area contributed by atoms with Crippen LogP contribution in [0.1, 0.15) is 0 Å². The normalized spacial score (nSPS) is 11.5. The Morgan fingerprint density at radius 1 is 0.824 bits per heavy atom. The SMILES string of the molecule is c1ccc2c(c1)ccc1cc3ncsc3cc12. The maximum Gasteiger partial charge on any atom is 0.0818 e. The highest BCUT2D eigenvalue weighted by atomic mass is 32.1. The van der Waals surface area contributed by atoms with Crippen LogP contribution in [-0.2, 0) is 0 Å². The van der Waals surface area contributed by atoms with Gasteiger partial charge in [0.2, 0.25) is 0 Å². The van der Waals surface area contributed by atoms with Gasteiger partial charge in [-0.25, -0.2) is 4.98 Å². The van der Waals surface area contributed by atoms with Crippen molar-refractivity contribution >= 4 is 43.1 Å². The van der Waals surface area contributed by atoms with Crippen LogP contribution in [0.4, 0.5) is 0 Å². The zero-order valence-corrected chi connectivity index (χ0v) is 9.87. The summed E-state index contributed by atoms with van der Waals surface area (Å²) in [6.45, 7) is 0. The third-order valence-corrected chi connectivity index (χ3v) is 3.99. The summed E-state index contributed by atoms with van der Waals surface area (Å²) < 4.78 is 1.26. The predicted molar refractivity (Wildman–Crippen MR) is 74.6 cm³/mol. The molecule has 2 heteroatoms. The number of aromatic nitrogens is 1. The molecule has 3 aromatic carbocycles. The standard InChI is InChI=1S/C15H9NS/c1-2-4-12-10(3-1)5-6-11-7-14-15(8-13(11)12)17-9-16-14/h1-9H. The van der Waals surface area contributed by atoms with Crippen LogP contribution in [0.2, 0.25) is 0 Å². The van der Waals surface area contributed by atoms with Gasteiger partial charge in [0, 0.05) is 0 Å². The smallest absolute Gasteiger partial charge is 0.0818 e. The lowest BCUT2D eigenvalue weighted by molar-refractivity contribution is 1.51. The maximum absolute atomic E-state index is 4.37. The van der Waals surface area contributed by atoms with Crippen molar-refractivity contribution in [3.8, 4) is 0 Å². The van der Waals surface area contributed by atoms with E-state index in [-0.39, 0.29) is 0 Å². The summed E-state index contributed by atoms with van der Waals surface area (Å²) in [6, 6.07) is 17.3. The molecular weight excluding hydrogens is 226 g/mol. The first-order chi connectivity index (χ1) is 8.42. The number of fused-ring (bicyclic) bond motifs is 4. The molecule has 1 heterocycles. The molecule has 0 spiro atoms. The van der Waals surface area contributed by atoms with Crippen LogP contribution >= 0.6 is 11.3 Å². The van der Waals surface area contributed by atoms with Gasteiger partial charge >= 0.3 is 0 Å². The van der Waals surface area contributed by atoms with Gasteiger partial charge in [0.05, 0.1) is 15.7 Å². The van der Waals surface area contributed by atoms with Gasteiger partial charge in [-0.2, -0.15) is 0 Å². The average Bonchev–Trinajstić information content (AvgIpc) is 2.83. The highest BCUT2D eigenvalue weighted by Crippen LogP contribution is 2.30. The van der Waals surface area contributed by atoms with E-state index in [4.69, 9.17) is 0 Å². The fourth-order valence-electron chi connectivity index (χ4n) is 2.36. The van der Waals surface area contributed by atoms with E-state index in [1.807, 2.05) is 5.51 Å². The van der Waals surface area contributed by atoms with Crippen molar-refractivity contribution in [2.75, 3.05) is 0 Å². The summed E-state index contributed by atoms with van der Waals surface area (Å²) in [4.78, 5) is 4.37. The number of hydrogen-bond acceptors (Lipinski definition) is 2. The van der Waals surface area contributed by atoms with Crippen LogP contribution in [0.25, 0.3) is 31.8 Å². The Kier molecular flexibility index (Phi) is 1.76. The third-order valence-electron chi connectivity index (χ3n) is 3.20. The van der Waals surface area contributed by atoms with Crippen LogP contribution in [-0.4, -0.2) is 4.98 Å². The second-order valence-corrected chi connectivity index (χ2v) is 5.07. The molecule has 0 radical (unpaired) electrons. The Balaban J connectivity index is 2.30. The molecule has 0 bridgehead atoms.